The number of nitrogens with one attached hydrogen (secondary N) is 1. The first kappa shape index (κ1) is 21.9. The van der Waals surface area contributed by atoms with Crippen LogP contribution in [0.4, 0.5) is 15.9 Å². The van der Waals surface area contributed by atoms with Crippen molar-refractivity contribution in [3.63, 3.8) is 0 Å². The van der Waals surface area contributed by atoms with Crippen LogP contribution in [0.1, 0.15) is 0 Å². The van der Waals surface area contributed by atoms with Crippen LogP contribution in [0.3, 0.4) is 0 Å². The lowest BCUT2D eigenvalue weighted by molar-refractivity contribution is -0.132. The van der Waals surface area contributed by atoms with E-state index in [-0.39, 0.29) is 23.3 Å². The minimum Gasteiger partial charge on any atom is -0.495 e. The molecule has 1 aliphatic heterocycles. The molecule has 0 aliphatic carbocycles. The second-order valence-electron chi connectivity index (χ2n) is 7.71. The number of methoxy groups -OCH3 is 1. The van der Waals surface area contributed by atoms with Gasteiger partial charge >= 0.3 is 0 Å². The van der Waals surface area contributed by atoms with Crippen LogP contribution in [-0.2, 0) is 11.3 Å². The van der Waals surface area contributed by atoms with Crippen molar-refractivity contribution >= 4 is 40.0 Å². The number of benzene rings is 1. The Kier molecular flexibility index (Phi) is 5.65. The smallest absolute Gasteiger partial charge is 0.244 e. The number of H-pyrrole nitrogens is 1. The van der Waals surface area contributed by atoms with Crippen molar-refractivity contribution in [1.29, 1.82) is 0 Å². The van der Waals surface area contributed by atoms with E-state index in [1.54, 1.807) is 23.4 Å². The van der Waals surface area contributed by atoms with Crippen LogP contribution in [0.15, 0.2) is 30.9 Å². The second-order valence-corrected chi connectivity index (χ2v) is 8.11. The molecule has 11 nitrogen and oxygen atoms in total. The normalized spacial score (nSPS) is 14.1. The maximum Gasteiger partial charge on any atom is 0.244 e. The van der Waals surface area contributed by atoms with Crippen molar-refractivity contribution in [3.05, 3.63) is 41.7 Å². The van der Waals surface area contributed by atoms with Gasteiger partial charge in [-0.25, -0.2) is 24.0 Å². The van der Waals surface area contributed by atoms with Crippen LogP contribution < -0.4 is 15.4 Å². The maximum absolute atomic E-state index is 14.5. The van der Waals surface area contributed by atoms with E-state index in [9.17, 15) is 9.18 Å². The first-order valence-corrected chi connectivity index (χ1v) is 10.9. The molecule has 1 aliphatic rings. The fourth-order valence-corrected chi connectivity index (χ4v) is 4.27. The highest BCUT2D eigenvalue weighted by Crippen LogP contribution is 2.33. The molecule has 1 saturated heterocycles. The molecule has 13 heteroatoms. The lowest BCUT2D eigenvalue weighted by Gasteiger charge is -2.36. The summed E-state index contributed by atoms with van der Waals surface area (Å²) < 4.78 is 21.2. The Morgan fingerprint density at radius 2 is 2.03 bits per heavy atom. The molecule has 0 spiro atoms. The number of piperazine rings is 1. The van der Waals surface area contributed by atoms with Crippen molar-refractivity contribution in [3.8, 4) is 17.3 Å². The summed E-state index contributed by atoms with van der Waals surface area (Å²) in [7, 11) is 1.48. The van der Waals surface area contributed by atoms with Gasteiger partial charge in [0.15, 0.2) is 11.5 Å². The fraction of sp³-hybridized carbons (Fsp3) is 0.286. The van der Waals surface area contributed by atoms with Gasteiger partial charge < -0.3 is 25.3 Å². The summed E-state index contributed by atoms with van der Waals surface area (Å²) in [5.41, 5.74) is 7.38. The number of anilines is 2. The van der Waals surface area contributed by atoms with Crippen molar-refractivity contribution in [2.75, 3.05) is 43.9 Å². The molecule has 0 bridgehead atoms. The van der Waals surface area contributed by atoms with Gasteiger partial charge in [0.1, 0.15) is 36.0 Å². The molecule has 0 saturated carbocycles. The molecule has 34 heavy (non-hydrogen) atoms. The van der Waals surface area contributed by atoms with Gasteiger partial charge in [0, 0.05) is 44.6 Å². The molecule has 1 fully saturated rings. The third-order valence-corrected chi connectivity index (χ3v) is 6.06. The van der Waals surface area contributed by atoms with Crippen molar-refractivity contribution < 1.29 is 13.9 Å². The number of nitrogens with zero attached hydrogens (tertiary/aromatic N) is 7. The lowest BCUT2D eigenvalue weighted by Crippen LogP contribution is -2.50. The van der Waals surface area contributed by atoms with E-state index in [4.69, 9.17) is 22.1 Å². The maximum atomic E-state index is 14.5. The predicted octanol–water partition coefficient (Wildman–Crippen LogP) is 1.95. The zero-order valence-corrected chi connectivity index (χ0v) is 19.0. The molecule has 0 radical (unpaired) electrons. The number of imidazole rings is 1. The van der Waals surface area contributed by atoms with E-state index >= 15 is 0 Å². The van der Waals surface area contributed by atoms with Crippen LogP contribution in [0.5, 0.6) is 5.75 Å². The second kappa shape index (κ2) is 8.78. The van der Waals surface area contributed by atoms with Crippen LogP contribution >= 0.6 is 11.6 Å². The molecule has 3 N–H and O–H groups in total. The molecule has 4 aromatic rings. The quantitative estimate of drug-likeness (QED) is 0.438. The number of fused-ring (bicyclic) bond motifs is 1. The monoisotopic (exact) mass is 485 g/mol. The molecule has 4 heterocycles. The van der Waals surface area contributed by atoms with Gasteiger partial charge in [-0.3, -0.25) is 4.79 Å². The van der Waals surface area contributed by atoms with Gasteiger partial charge in [0.25, 0.3) is 0 Å². The Balaban J connectivity index is 1.33. The minimum atomic E-state index is -0.434. The molecular weight excluding hydrogens is 465 g/mol. The predicted molar refractivity (Wildman–Crippen MR) is 124 cm³/mol. The summed E-state index contributed by atoms with van der Waals surface area (Å²) in [6, 6.07) is 2.81. The van der Waals surface area contributed by atoms with E-state index in [0.717, 1.165) is 0 Å². The standard InChI is InChI=1S/C21H21ClFN9O2/c1-34-15-9-14(13(23)8-12(15)22)30-4-6-31(7-5-30)16(33)10-32-21-17(19(24)27-11-28-21)18(29-32)20-25-2-3-26-20/h2-3,8-9,11H,4-7,10H2,1H3,(H,25,26)(H2,24,27,28). The summed E-state index contributed by atoms with van der Waals surface area (Å²) in [6.07, 6.45) is 4.60. The number of nitrogens with two attached hydrogens (primary N) is 1. The zero-order chi connectivity index (χ0) is 23.8. The molecule has 5 rings (SSSR count). The highest BCUT2D eigenvalue weighted by Gasteiger charge is 2.26. The first-order chi connectivity index (χ1) is 16.5. The average molecular weight is 486 g/mol. The Hall–Kier alpha value is -3.93. The minimum absolute atomic E-state index is 0.0310. The number of carbonyl (C=O) groups is 1. The first-order valence-electron chi connectivity index (χ1n) is 10.5. The summed E-state index contributed by atoms with van der Waals surface area (Å²) in [4.78, 5) is 32.2. The topological polar surface area (TPSA) is 131 Å². The van der Waals surface area contributed by atoms with Gasteiger partial charge in [0.05, 0.1) is 23.2 Å². The van der Waals surface area contributed by atoms with Crippen LogP contribution in [-0.4, -0.2) is 73.8 Å². The summed E-state index contributed by atoms with van der Waals surface area (Å²) in [5.74, 6) is 0.587. The van der Waals surface area contributed by atoms with Crippen molar-refractivity contribution in [2.24, 2.45) is 0 Å². The van der Waals surface area contributed by atoms with E-state index < -0.39 is 5.82 Å². The van der Waals surface area contributed by atoms with Crippen LogP contribution in [0, 0.1) is 5.82 Å². The van der Waals surface area contributed by atoms with Crippen molar-refractivity contribution in [2.45, 2.75) is 6.54 Å². The fourth-order valence-electron chi connectivity index (χ4n) is 4.04. The number of carbonyl (C=O) groups excluding carboxylic acids is 1. The Morgan fingerprint density at radius 1 is 1.24 bits per heavy atom. The number of ether oxygens (including phenoxy) is 1. The molecule has 1 aromatic carbocycles. The van der Waals surface area contributed by atoms with Gasteiger partial charge in [-0.2, -0.15) is 5.10 Å². The molecule has 176 valence electrons. The largest absolute Gasteiger partial charge is 0.495 e. The molecule has 1 amide bonds. The van der Waals surface area contributed by atoms with Crippen molar-refractivity contribution in [1.82, 2.24) is 34.6 Å². The number of aromatic amines is 1. The molecule has 0 atom stereocenters. The van der Waals surface area contributed by atoms with Gasteiger partial charge in [-0.1, -0.05) is 11.6 Å². The molecule has 0 unspecified atom stereocenters. The molecule has 3 aromatic heterocycles. The third-order valence-electron chi connectivity index (χ3n) is 5.76. The van der Waals surface area contributed by atoms with Gasteiger partial charge in [-0.05, 0) is 6.07 Å². The number of hydrogen-bond acceptors (Lipinski definition) is 8. The Morgan fingerprint density at radius 3 is 2.74 bits per heavy atom. The third kappa shape index (κ3) is 3.85. The SMILES string of the molecule is COc1cc(N2CCN(C(=O)Cn3nc(-c4ncc[nH]4)c4c(N)ncnc43)CC2)c(F)cc1Cl. The highest BCUT2D eigenvalue weighted by molar-refractivity contribution is 6.32. The summed E-state index contributed by atoms with van der Waals surface area (Å²) >= 11 is 6.00. The van der Waals surface area contributed by atoms with E-state index in [2.05, 4.69) is 25.0 Å². The Bertz CT molecular complexity index is 1350. The number of rotatable bonds is 5. The van der Waals surface area contributed by atoms with Crippen LogP contribution in [0.25, 0.3) is 22.6 Å². The van der Waals surface area contributed by atoms with E-state index in [0.29, 0.717) is 60.2 Å². The lowest BCUT2D eigenvalue weighted by atomic mass is 10.2. The number of halogens is 2. The number of amides is 1. The number of nitrogen functional groups attached to an aromatic ring is 1. The zero-order valence-electron chi connectivity index (χ0n) is 18.2. The average Bonchev–Trinajstić information content (AvgIpc) is 3.48. The van der Waals surface area contributed by atoms with Crippen LogP contribution in [0.2, 0.25) is 5.02 Å². The number of hydrogen-bond donors (Lipinski definition) is 2. The summed E-state index contributed by atoms with van der Waals surface area (Å²) in [5, 5.41) is 5.28. The summed E-state index contributed by atoms with van der Waals surface area (Å²) in [6.45, 7) is 1.73. The van der Waals surface area contributed by atoms with E-state index in [1.807, 2.05) is 4.90 Å². The van der Waals surface area contributed by atoms with Gasteiger partial charge in [-0.15, -0.1) is 0 Å². The van der Waals surface area contributed by atoms with Gasteiger partial charge in [0.2, 0.25) is 5.91 Å². The Labute approximate surface area is 198 Å². The van der Waals surface area contributed by atoms with E-state index in [1.165, 1.54) is 24.2 Å². The highest BCUT2D eigenvalue weighted by atomic mass is 35.5. The molecular formula is C21H21ClFN9O2. The number of aromatic nitrogens is 6.